The summed E-state index contributed by atoms with van der Waals surface area (Å²) >= 11 is 0. The molecule has 3 saturated heterocycles. The Morgan fingerprint density at radius 3 is 2.64 bits per heavy atom. The molecule has 1 amide bonds. The first kappa shape index (κ1) is 16.2. The van der Waals surface area contributed by atoms with Crippen molar-refractivity contribution in [3.63, 3.8) is 0 Å². The summed E-state index contributed by atoms with van der Waals surface area (Å²) in [6.07, 6.45) is 1.23. The van der Waals surface area contributed by atoms with Gasteiger partial charge in [0.2, 0.25) is 5.91 Å². The fraction of sp³-hybridized carbons (Fsp3) is 0.941. The van der Waals surface area contributed by atoms with E-state index in [0.717, 1.165) is 45.9 Å². The molecule has 0 aromatic heterocycles. The largest absolute Gasteiger partial charge is 0.378 e. The Morgan fingerprint density at radius 1 is 1.27 bits per heavy atom. The van der Waals surface area contributed by atoms with Crippen LogP contribution in [0.15, 0.2) is 0 Å². The molecule has 0 unspecified atom stereocenters. The van der Waals surface area contributed by atoms with Crippen LogP contribution in [0.1, 0.15) is 34.1 Å². The van der Waals surface area contributed by atoms with Crippen LogP contribution in [0.2, 0.25) is 0 Å². The number of ether oxygens (including phenoxy) is 1. The fourth-order valence-electron chi connectivity index (χ4n) is 4.15. The van der Waals surface area contributed by atoms with Gasteiger partial charge in [-0.3, -0.25) is 14.6 Å². The van der Waals surface area contributed by atoms with Crippen LogP contribution in [0, 0.1) is 5.41 Å². The molecule has 0 aromatic carbocycles. The third-order valence-corrected chi connectivity index (χ3v) is 5.41. The Balaban J connectivity index is 1.64. The first-order valence-corrected chi connectivity index (χ1v) is 8.61. The van der Waals surface area contributed by atoms with E-state index >= 15 is 0 Å². The molecule has 3 aliphatic heterocycles. The molecule has 0 N–H and O–H groups in total. The molecular weight excluding hydrogens is 278 g/mol. The number of piperazine rings is 1. The third-order valence-electron chi connectivity index (χ3n) is 5.41. The molecular formula is C17H31N3O2. The van der Waals surface area contributed by atoms with Gasteiger partial charge in [0.1, 0.15) is 0 Å². The van der Waals surface area contributed by atoms with Gasteiger partial charge in [0.25, 0.3) is 0 Å². The van der Waals surface area contributed by atoms with E-state index < -0.39 is 0 Å². The Bertz CT molecular complexity index is 426. The molecule has 3 aliphatic rings. The molecule has 0 saturated carbocycles. The molecule has 0 radical (unpaired) electrons. The second-order valence-corrected chi connectivity index (χ2v) is 8.57. The summed E-state index contributed by atoms with van der Waals surface area (Å²) in [6, 6.07) is 0.385. The van der Waals surface area contributed by atoms with Crippen molar-refractivity contribution >= 4 is 5.91 Å². The van der Waals surface area contributed by atoms with E-state index in [0.29, 0.717) is 11.5 Å². The molecule has 0 aromatic rings. The molecule has 3 heterocycles. The lowest BCUT2D eigenvalue weighted by Gasteiger charge is -2.63. The number of nitrogens with zero attached hydrogens (tertiary/aromatic N) is 3. The van der Waals surface area contributed by atoms with Gasteiger partial charge in [0.05, 0.1) is 24.8 Å². The zero-order chi connectivity index (χ0) is 16.0. The van der Waals surface area contributed by atoms with Gasteiger partial charge < -0.3 is 9.64 Å². The summed E-state index contributed by atoms with van der Waals surface area (Å²) in [5.74, 6) is 0.206. The van der Waals surface area contributed by atoms with Gasteiger partial charge in [0.15, 0.2) is 0 Å². The number of hydrogen-bond donors (Lipinski definition) is 0. The average Bonchev–Trinajstić information content (AvgIpc) is 2.41. The van der Waals surface area contributed by atoms with Gasteiger partial charge in [-0.2, -0.15) is 0 Å². The van der Waals surface area contributed by atoms with Gasteiger partial charge in [0, 0.05) is 39.6 Å². The van der Waals surface area contributed by atoms with E-state index in [4.69, 9.17) is 4.74 Å². The van der Waals surface area contributed by atoms with Gasteiger partial charge >= 0.3 is 0 Å². The molecule has 1 spiro atoms. The maximum Gasteiger partial charge on any atom is 0.219 e. The Labute approximate surface area is 134 Å². The SMILES string of the molecule is CC(=O)N1C[C@@H]2COCCN2C2(CN(CCC(C)(C)C)C2)C1. The van der Waals surface area contributed by atoms with Gasteiger partial charge in [-0.1, -0.05) is 20.8 Å². The second-order valence-electron chi connectivity index (χ2n) is 8.57. The van der Waals surface area contributed by atoms with Crippen molar-refractivity contribution < 1.29 is 9.53 Å². The second kappa shape index (κ2) is 5.77. The summed E-state index contributed by atoms with van der Waals surface area (Å²) < 4.78 is 5.65. The quantitative estimate of drug-likeness (QED) is 0.764. The number of carbonyl (C=O) groups is 1. The molecule has 5 heteroatoms. The topological polar surface area (TPSA) is 36.0 Å². The zero-order valence-corrected chi connectivity index (χ0v) is 14.6. The van der Waals surface area contributed by atoms with Crippen molar-refractivity contribution in [2.45, 2.75) is 45.7 Å². The number of morpholine rings is 1. The van der Waals surface area contributed by atoms with Crippen molar-refractivity contribution in [1.29, 1.82) is 0 Å². The van der Waals surface area contributed by atoms with Crippen molar-refractivity contribution in [3.05, 3.63) is 0 Å². The smallest absolute Gasteiger partial charge is 0.219 e. The highest BCUT2D eigenvalue weighted by Crippen LogP contribution is 2.36. The van der Waals surface area contributed by atoms with E-state index in [1.54, 1.807) is 6.92 Å². The molecule has 0 bridgehead atoms. The van der Waals surface area contributed by atoms with Gasteiger partial charge in [-0.15, -0.1) is 0 Å². The lowest BCUT2D eigenvalue weighted by molar-refractivity contribution is -0.174. The lowest BCUT2D eigenvalue weighted by Crippen LogP contribution is -2.80. The summed E-state index contributed by atoms with van der Waals surface area (Å²) in [4.78, 5) is 19.1. The Kier molecular flexibility index (Phi) is 4.25. The third kappa shape index (κ3) is 3.17. The summed E-state index contributed by atoms with van der Waals surface area (Å²) in [7, 11) is 0. The predicted octanol–water partition coefficient (Wildman–Crippen LogP) is 1.04. The molecule has 1 atom stereocenters. The van der Waals surface area contributed by atoms with Crippen LogP contribution in [-0.2, 0) is 9.53 Å². The highest BCUT2D eigenvalue weighted by molar-refractivity contribution is 5.73. The first-order valence-electron chi connectivity index (χ1n) is 8.61. The normalized spacial score (nSPS) is 29.3. The monoisotopic (exact) mass is 309 g/mol. The van der Waals surface area contributed by atoms with Crippen molar-refractivity contribution in [2.24, 2.45) is 5.41 Å². The minimum Gasteiger partial charge on any atom is -0.378 e. The van der Waals surface area contributed by atoms with E-state index in [1.165, 1.54) is 13.0 Å². The van der Waals surface area contributed by atoms with Crippen LogP contribution in [-0.4, -0.2) is 84.7 Å². The van der Waals surface area contributed by atoms with E-state index in [9.17, 15) is 4.79 Å². The molecule has 5 nitrogen and oxygen atoms in total. The number of amides is 1. The molecule has 126 valence electrons. The number of carbonyl (C=O) groups excluding carboxylic acids is 1. The maximum absolute atomic E-state index is 11.9. The highest BCUT2D eigenvalue weighted by atomic mass is 16.5. The van der Waals surface area contributed by atoms with Crippen molar-refractivity contribution in [3.8, 4) is 0 Å². The van der Waals surface area contributed by atoms with Crippen LogP contribution >= 0.6 is 0 Å². The molecule has 3 rings (SSSR count). The lowest BCUT2D eigenvalue weighted by atomic mass is 9.81. The molecule has 3 fully saturated rings. The van der Waals surface area contributed by atoms with Crippen molar-refractivity contribution in [2.75, 3.05) is 52.5 Å². The Hall–Kier alpha value is -0.650. The number of fused-ring (bicyclic) bond motifs is 2. The van der Waals surface area contributed by atoms with Crippen LogP contribution in [0.5, 0.6) is 0 Å². The molecule has 0 aliphatic carbocycles. The highest BCUT2D eigenvalue weighted by Gasteiger charge is 2.54. The van der Waals surface area contributed by atoms with Gasteiger partial charge in [-0.25, -0.2) is 0 Å². The van der Waals surface area contributed by atoms with Crippen LogP contribution < -0.4 is 0 Å². The van der Waals surface area contributed by atoms with E-state index in [1.807, 2.05) is 4.90 Å². The zero-order valence-electron chi connectivity index (χ0n) is 14.6. The van der Waals surface area contributed by atoms with Crippen molar-refractivity contribution in [1.82, 2.24) is 14.7 Å². The van der Waals surface area contributed by atoms with E-state index in [2.05, 4.69) is 30.6 Å². The summed E-state index contributed by atoms with van der Waals surface area (Å²) in [5.41, 5.74) is 0.568. The van der Waals surface area contributed by atoms with Crippen LogP contribution in [0.4, 0.5) is 0 Å². The van der Waals surface area contributed by atoms with Crippen LogP contribution in [0.3, 0.4) is 0 Å². The fourth-order valence-corrected chi connectivity index (χ4v) is 4.15. The Morgan fingerprint density at radius 2 is 2.00 bits per heavy atom. The number of rotatable bonds is 2. The predicted molar refractivity (Wildman–Crippen MR) is 86.8 cm³/mol. The van der Waals surface area contributed by atoms with E-state index in [-0.39, 0.29) is 11.4 Å². The van der Waals surface area contributed by atoms with Crippen LogP contribution in [0.25, 0.3) is 0 Å². The summed E-state index contributed by atoms with van der Waals surface area (Å²) in [5, 5.41) is 0. The minimum absolute atomic E-state index is 0.177. The average molecular weight is 309 g/mol. The standard InChI is InChI=1S/C17H31N3O2/c1-14(21)19-9-15-10-22-8-7-20(15)17(13-19)11-18(12-17)6-5-16(2,3)4/h15H,5-13H2,1-4H3/t15-/m1/s1. The van der Waals surface area contributed by atoms with Gasteiger partial charge in [-0.05, 0) is 18.4 Å². The number of likely N-dealkylation sites (tertiary alicyclic amines) is 1. The maximum atomic E-state index is 11.9. The molecule has 22 heavy (non-hydrogen) atoms. The number of hydrogen-bond acceptors (Lipinski definition) is 4. The first-order chi connectivity index (χ1) is 10.3. The summed E-state index contributed by atoms with van der Waals surface area (Å²) in [6.45, 7) is 16.3. The minimum atomic E-state index is 0.177.